The summed E-state index contributed by atoms with van der Waals surface area (Å²) >= 11 is 0. The van der Waals surface area contributed by atoms with Gasteiger partial charge in [0, 0.05) is 25.7 Å². The monoisotopic (exact) mass is 264 g/mol. The molecular weight excluding hydrogens is 244 g/mol. The molecule has 0 aromatic carbocycles. The zero-order valence-corrected chi connectivity index (χ0v) is 11.5. The Morgan fingerprint density at radius 2 is 2.32 bits per heavy atom. The number of aromatic nitrogens is 2. The first kappa shape index (κ1) is 12.6. The summed E-state index contributed by atoms with van der Waals surface area (Å²) in [5.41, 5.74) is 0. The third-order valence-electron chi connectivity index (χ3n) is 3.82. The van der Waals surface area contributed by atoms with E-state index in [2.05, 4.69) is 26.8 Å². The lowest BCUT2D eigenvalue weighted by atomic mass is 10.1. The van der Waals surface area contributed by atoms with Crippen LogP contribution in [0.2, 0.25) is 0 Å². The zero-order valence-electron chi connectivity index (χ0n) is 11.5. The first-order valence-electron chi connectivity index (χ1n) is 6.79. The van der Waals surface area contributed by atoms with Crippen molar-refractivity contribution in [3.63, 3.8) is 0 Å². The van der Waals surface area contributed by atoms with Gasteiger partial charge in [0.05, 0.1) is 25.4 Å². The van der Waals surface area contributed by atoms with Crippen LogP contribution in [0.3, 0.4) is 0 Å². The molecule has 3 heterocycles. The maximum Gasteiger partial charge on any atom is 0.218 e. The van der Waals surface area contributed by atoms with Gasteiger partial charge in [0.15, 0.2) is 0 Å². The second-order valence-electron chi connectivity index (χ2n) is 5.01. The molecule has 6 nitrogen and oxygen atoms in total. The van der Waals surface area contributed by atoms with E-state index < -0.39 is 0 Å². The topological polar surface area (TPSA) is 50.7 Å². The summed E-state index contributed by atoms with van der Waals surface area (Å²) in [5.74, 6) is 1.56. The van der Waals surface area contributed by atoms with E-state index in [-0.39, 0.29) is 6.10 Å². The van der Waals surface area contributed by atoms with Gasteiger partial charge >= 0.3 is 0 Å². The van der Waals surface area contributed by atoms with E-state index in [1.807, 2.05) is 13.0 Å². The third-order valence-corrected chi connectivity index (χ3v) is 3.82. The predicted octanol–water partition coefficient (Wildman–Crippen LogP) is 0.394. The maximum atomic E-state index is 5.84. The van der Waals surface area contributed by atoms with Crippen LogP contribution < -0.4 is 9.64 Å². The lowest BCUT2D eigenvalue weighted by Gasteiger charge is -2.33. The van der Waals surface area contributed by atoms with Gasteiger partial charge < -0.3 is 14.4 Å². The molecule has 0 aliphatic carbocycles. The van der Waals surface area contributed by atoms with Gasteiger partial charge in [-0.25, -0.2) is 9.97 Å². The van der Waals surface area contributed by atoms with Gasteiger partial charge in [-0.05, 0) is 14.0 Å². The van der Waals surface area contributed by atoms with Crippen LogP contribution in [0.4, 0.5) is 5.82 Å². The van der Waals surface area contributed by atoms with Crippen LogP contribution in [0.15, 0.2) is 12.4 Å². The summed E-state index contributed by atoms with van der Waals surface area (Å²) in [4.78, 5) is 13.1. The van der Waals surface area contributed by atoms with Crippen LogP contribution in [0.25, 0.3) is 0 Å². The van der Waals surface area contributed by atoms with Gasteiger partial charge in [0.25, 0.3) is 0 Å². The van der Waals surface area contributed by atoms with Gasteiger partial charge in [0.2, 0.25) is 5.88 Å². The Kier molecular flexibility index (Phi) is 3.52. The number of hydrogen-bond acceptors (Lipinski definition) is 6. The van der Waals surface area contributed by atoms with Gasteiger partial charge in [0.1, 0.15) is 12.1 Å². The number of hydrogen-bond donors (Lipinski definition) is 0. The van der Waals surface area contributed by atoms with Crippen molar-refractivity contribution >= 4 is 5.82 Å². The standard InChI is InChI=1S/C13H20N4O2/c1-3-18-13-6-12(14-9-15-13)17-7-10-11(8-17)19-5-4-16(10)2/h6,9-11H,3-5,7-8H2,1-2H3/t10-,11-/m0/s1. The summed E-state index contributed by atoms with van der Waals surface area (Å²) in [6.07, 6.45) is 1.84. The van der Waals surface area contributed by atoms with Crippen LogP contribution in [-0.2, 0) is 4.74 Å². The number of anilines is 1. The van der Waals surface area contributed by atoms with Gasteiger partial charge in [-0.2, -0.15) is 0 Å². The van der Waals surface area contributed by atoms with Crippen LogP contribution in [-0.4, -0.2) is 66.9 Å². The summed E-state index contributed by atoms with van der Waals surface area (Å²) in [6.45, 7) is 6.23. The molecule has 0 bridgehead atoms. The highest BCUT2D eigenvalue weighted by molar-refractivity contribution is 5.43. The number of likely N-dealkylation sites (N-methyl/N-ethyl adjacent to an activating group) is 1. The molecule has 2 aliphatic heterocycles. The number of fused-ring (bicyclic) bond motifs is 1. The Bertz CT molecular complexity index is 442. The normalized spacial score (nSPS) is 27.4. The van der Waals surface area contributed by atoms with Crippen molar-refractivity contribution in [2.75, 3.05) is 44.8 Å². The molecule has 0 saturated carbocycles. The molecule has 104 valence electrons. The molecule has 2 saturated heterocycles. The van der Waals surface area contributed by atoms with Crippen molar-refractivity contribution in [1.82, 2.24) is 14.9 Å². The van der Waals surface area contributed by atoms with Crippen molar-refractivity contribution < 1.29 is 9.47 Å². The third kappa shape index (κ3) is 2.50. The van der Waals surface area contributed by atoms with E-state index in [0.717, 1.165) is 32.1 Å². The molecule has 6 heteroatoms. The van der Waals surface area contributed by atoms with Crippen molar-refractivity contribution in [2.24, 2.45) is 0 Å². The highest BCUT2D eigenvalue weighted by atomic mass is 16.5. The van der Waals surface area contributed by atoms with Crippen LogP contribution in [0, 0.1) is 0 Å². The molecular formula is C13H20N4O2. The minimum atomic E-state index is 0.282. The van der Waals surface area contributed by atoms with E-state index in [9.17, 15) is 0 Å². The smallest absolute Gasteiger partial charge is 0.218 e. The van der Waals surface area contributed by atoms with E-state index in [1.54, 1.807) is 6.33 Å². The van der Waals surface area contributed by atoms with Gasteiger partial charge in [-0.3, -0.25) is 4.90 Å². The molecule has 1 aromatic rings. The average Bonchev–Trinajstić information content (AvgIpc) is 2.85. The Hall–Kier alpha value is -1.40. The van der Waals surface area contributed by atoms with Crippen LogP contribution >= 0.6 is 0 Å². The minimum absolute atomic E-state index is 0.282. The lowest BCUT2D eigenvalue weighted by molar-refractivity contribution is -0.0362. The van der Waals surface area contributed by atoms with E-state index in [4.69, 9.17) is 9.47 Å². The molecule has 19 heavy (non-hydrogen) atoms. The first-order chi connectivity index (χ1) is 9.28. The summed E-state index contributed by atoms with van der Waals surface area (Å²) < 4.78 is 11.3. The SMILES string of the molecule is CCOc1cc(N2C[C@@H]3OCCN(C)[C@H]3C2)ncn1. The number of rotatable bonds is 3. The number of nitrogens with zero attached hydrogens (tertiary/aromatic N) is 4. The fourth-order valence-corrected chi connectivity index (χ4v) is 2.77. The van der Waals surface area contributed by atoms with E-state index >= 15 is 0 Å². The molecule has 3 rings (SSSR count). The fourth-order valence-electron chi connectivity index (χ4n) is 2.77. The first-order valence-corrected chi connectivity index (χ1v) is 6.79. The maximum absolute atomic E-state index is 5.84. The molecule has 2 atom stereocenters. The van der Waals surface area contributed by atoms with Crippen molar-refractivity contribution in [2.45, 2.75) is 19.1 Å². The quantitative estimate of drug-likeness (QED) is 0.787. The second-order valence-corrected chi connectivity index (χ2v) is 5.01. The average molecular weight is 264 g/mol. The van der Waals surface area contributed by atoms with Gasteiger partial charge in [-0.1, -0.05) is 0 Å². The Balaban J connectivity index is 1.74. The predicted molar refractivity (Wildman–Crippen MR) is 71.6 cm³/mol. The zero-order chi connectivity index (χ0) is 13.2. The Labute approximate surface area is 113 Å². The Morgan fingerprint density at radius 1 is 1.42 bits per heavy atom. The van der Waals surface area contributed by atoms with Crippen molar-refractivity contribution in [3.8, 4) is 5.88 Å². The minimum Gasteiger partial charge on any atom is -0.478 e. The molecule has 2 aliphatic rings. The van der Waals surface area contributed by atoms with Crippen molar-refractivity contribution in [3.05, 3.63) is 12.4 Å². The molecule has 0 spiro atoms. The summed E-state index contributed by atoms with van der Waals surface area (Å²) in [7, 11) is 2.16. The van der Waals surface area contributed by atoms with Crippen molar-refractivity contribution in [1.29, 1.82) is 0 Å². The highest BCUT2D eigenvalue weighted by Gasteiger charge is 2.39. The van der Waals surface area contributed by atoms with E-state index in [0.29, 0.717) is 18.5 Å². The van der Waals surface area contributed by atoms with Gasteiger partial charge in [-0.15, -0.1) is 0 Å². The summed E-state index contributed by atoms with van der Waals surface area (Å²) in [5, 5.41) is 0. The summed E-state index contributed by atoms with van der Waals surface area (Å²) in [6, 6.07) is 2.36. The molecule has 0 unspecified atom stereocenters. The molecule has 0 radical (unpaired) electrons. The van der Waals surface area contributed by atoms with Crippen LogP contribution in [0.5, 0.6) is 5.88 Å². The Morgan fingerprint density at radius 3 is 3.11 bits per heavy atom. The largest absolute Gasteiger partial charge is 0.478 e. The fraction of sp³-hybridized carbons (Fsp3) is 0.692. The lowest BCUT2D eigenvalue weighted by Crippen LogP contribution is -2.48. The number of ether oxygens (including phenoxy) is 2. The molecule has 1 aromatic heterocycles. The highest BCUT2D eigenvalue weighted by Crippen LogP contribution is 2.26. The van der Waals surface area contributed by atoms with Crippen LogP contribution in [0.1, 0.15) is 6.92 Å². The number of morpholine rings is 1. The van der Waals surface area contributed by atoms with E-state index in [1.165, 1.54) is 0 Å². The molecule has 0 amide bonds. The molecule has 0 N–H and O–H groups in total. The molecule has 2 fully saturated rings. The second kappa shape index (κ2) is 5.30.